The lowest BCUT2D eigenvalue weighted by Crippen LogP contribution is -2.27. The Kier molecular flexibility index (Phi) is 4.96. The third kappa shape index (κ3) is 3.55. The van der Waals surface area contributed by atoms with Crippen LogP contribution in [0.3, 0.4) is 0 Å². The highest BCUT2D eigenvalue weighted by Gasteiger charge is 2.29. The molecule has 29 heavy (non-hydrogen) atoms. The number of thiophene rings is 1. The van der Waals surface area contributed by atoms with Gasteiger partial charge in [-0.3, -0.25) is 0 Å². The van der Waals surface area contributed by atoms with Gasteiger partial charge in [-0.15, -0.1) is 6.42 Å². The van der Waals surface area contributed by atoms with Crippen molar-refractivity contribution in [3.05, 3.63) is 101 Å². The third-order valence-electron chi connectivity index (χ3n) is 5.04. The summed E-state index contributed by atoms with van der Waals surface area (Å²) in [5, 5.41) is 1.27. The first-order valence-corrected chi connectivity index (χ1v) is 10.6. The van der Waals surface area contributed by atoms with Crippen LogP contribution in [0.5, 0.6) is 0 Å². The van der Waals surface area contributed by atoms with Crippen LogP contribution in [0.4, 0.5) is 0 Å². The molecule has 0 amide bonds. The highest BCUT2D eigenvalue weighted by molar-refractivity contribution is 7.45. The number of hydrogen-bond donors (Lipinski definition) is 0. The molecule has 1 aromatic heterocycles. The molecule has 2 nitrogen and oxygen atoms in total. The van der Waals surface area contributed by atoms with E-state index < -0.39 is 11.6 Å². The SMILES string of the molecule is C#CC(C)(OC(=O)c1ccc(-[s+]2c(C)cc3ccccc32)cc1)c1ccccc1. The first-order valence-electron chi connectivity index (χ1n) is 9.40. The summed E-state index contributed by atoms with van der Waals surface area (Å²) in [4.78, 5) is 15.3. The Morgan fingerprint density at radius 3 is 2.31 bits per heavy atom. The van der Waals surface area contributed by atoms with E-state index in [0.717, 1.165) is 5.56 Å². The molecule has 3 heteroatoms. The normalized spacial score (nSPS) is 13.5. The minimum absolute atomic E-state index is 0.106. The average Bonchev–Trinajstić information content (AvgIpc) is 3.10. The molecule has 2 unspecified atom stereocenters. The van der Waals surface area contributed by atoms with Gasteiger partial charge in [-0.05, 0) is 43.3 Å². The van der Waals surface area contributed by atoms with Gasteiger partial charge in [-0.2, -0.15) is 0 Å². The maximum atomic E-state index is 12.8. The maximum absolute atomic E-state index is 12.8. The maximum Gasteiger partial charge on any atom is 0.339 e. The zero-order valence-electron chi connectivity index (χ0n) is 16.4. The molecule has 3 aromatic carbocycles. The van der Waals surface area contributed by atoms with E-state index in [0.29, 0.717) is 5.56 Å². The smallest absolute Gasteiger partial charge is 0.339 e. The van der Waals surface area contributed by atoms with Gasteiger partial charge >= 0.3 is 5.97 Å². The second-order valence-electron chi connectivity index (χ2n) is 7.06. The third-order valence-corrected chi connectivity index (χ3v) is 7.36. The number of ether oxygens (including phenoxy) is 1. The van der Waals surface area contributed by atoms with Gasteiger partial charge in [-0.25, -0.2) is 4.79 Å². The largest absolute Gasteiger partial charge is 0.438 e. The molecule has 0 saturated heterocycles. The summed E-state index contributed by atoms with van der Waals surface area (Å²) < 4.78 is 7.04. The fraction of sp³-hybridized carbons (Fsp3) is 0.115. The number of hydrogen-bond acceptors (Lipinski definition) is 2. The molecule has 142 valence electrons. The summed E-state index contributed by atoms with van der Waals surface area (Å²) in [5.41, 5.74) is 0.156. The highest BCUT2D eigenvalue weighted by Crippen LogP contribution is 2.43. The van der Waals surface area contributed by atoms with E-state index in [1.54, 1.807) is 6.92 Å². The summed E-state index contributed by atoms with van der Waals surface area (Å²) in [6.07, 6.45) is 5.70. The number of terminal acetylenes is 1. The Bertz CT molecular complexity index is 1210. The monoisotopic (exact) mass is 397 g/mol. The number of aryl methyl sites for hydroxylation is 1. The van der Waals surface area contributed by atoms with Crippen LogP contribution in [-0.4, -0.2) is 5.97 Å². The molecule has 0 aliphatic heterocycles. The van der Waals surface area contributed by atoms with E-state index in [-0.39, 0.29) is 10.5 Å². The molecule has 0 radical (unpaired) electrons. The van der Waals surface area contributed by atoms with Gasteiger partial charge in [0.1, 0.15) is 0 Å². The lowest BCUT2D eigenvalue weighted by Gasteiger charge is -2.24. The molecule has 0 aliphatic rings. The van der Waals surface area contributed by atoms with Crippen molar-refractivity contribution in [1.29, 1.82) is 0 Å². The van der Waals surface area contributed by atoms with Crippen molar-refractivity contribution in [2.45, 2.75) is 19.4 Å². The number of carbonyl (C=O) groups excluding carboxylic acids is 1. The zero-order valence-corrected chi connectivity index (χ0v) is 17.2. The van der Waals surface area contributed by atoms with Crippen LogP contribution in [0.1, 0.15) is 27.7 Å². The number of rotatable bonds is 4. The van der Waals surface area contributed by atoms with Crippen LogP contribution in [0.25, 0.3) is 15.0 Å². The number of carbonyl (C=O) groups is 1. The van der Waals surface area contributed by atoms with Gasteiger partial charge < -0.3 is 4.74 Å². The van der Waals surface area contributed by atoms with Gasteiger partial charge in [0.05, 0.1) is 5.56 Å². The van der Waals surface area contributed by atoms with Crippen LogP contribution in [-0.2, 0) is 10.3 Å². The first kappa shape index (κ1) is 19.0. The highest BCUT2D eigenvalue weighted by atomic mass is 32.2. The van der Waals surface area contributed by atoms with Crippen LogP contribution in [0.15, 0.2) is 84.9 Å². The van der Waals surface area contributed by atoms with E-state index in [9.17, 15) is 4.79 Å². The van der Waals surface area contributed by atoms with E-state index in [2.05, 4.69) is 43.2 Å². The number of fused-ring (bicyclic) bond motifs is 1. The molecule has 0 saturated carbocycles. The molecule has 2 atom stereocenters. The quantitative estimate of drug-likeness (QED) is 0.220. The molecule has 1 heterocycles. The fourth-order valence-corrected chi connectivity index (χ4v) is 5.65. The van der Waals surface area contributed by atoms with Gasteiger partial charge in [0, 0.05) is 34.4 Å². The molecule has 0 aliphatic carbocycles. The summed E-state index contributed by atoms with van der Waals surface area (Å²) in [6, 6.07) is 27.7. The molecule has 4 rings (SSSR count). The molecule has 0 fully saturated rings. The summed E-state index contributed by atoms with van der Waals surface area (Å²) in [6.45, 7) is 3.89. The van der Waals surface area contributed by atoms with Crippen molar-refractivity contribution in [2.24, 2.45) is 0 Å². The van der Waals surface area contributed by atoms with Crippen molar-refractivity contribution in [3.8, 4) is 17.2 Å². The lowest BCUT2D eigenvalue weighted by molar-refractivity contribution is 0.0129. The Labute approximate surface area is 173 Å². The summed E-state index contributed by atoms with van der Waals surface area (Å²) >= 11 is 0. The van der Waals surface area contributed by atoms with Crippen molar-refractivity contribution in [2.75, 3.05) is 0 Å². The standard InChI is InChI=1S/C26H21O2S/c1-4-26(3,22-11-6-5-7-12-22)28-25(27)20-14-16-23(17-15-20)29-19(2)18-21-10-8-9-13-24(21)29/h1,5-18H,2-3H3/q+1. The van der Waals surface area contributed by atoms with Crippen molar-refractivity contribution >= 4 is 26.5 Å². The van der Waals surface area contributed by atoms with E-state index in [1.165, 1.54) is 19.9 Å². The molecular weight excluding hydrogens is 376 g/mol. The molecular formula is C26H21O2S+. The fourth-order valence-electron chi connectivity index (χ4n) is 3.45. The van der Waals surface area contributed by atoms with Crippen LogP contribution in [0.2, 0.25) is 0 Å². The number of esters is 1. The Morgan fingerprint density at radius 1 is 0.966 bits per heavy atom. The van der Waals surface area contributed by atoms with Gasteiger partial charge in [0.15, 0.2) is 20.1 Å². The Balaban J connectivity index is 1.62. The van der Waals surface area contributed by atoms with Crippen molar-refractivity contribution in [3.63, 3.8) is 0 Å². The summed E-state index contributed by atoms with van der Waals surface area (Å²) in [7, 11) is -0.106. The van der Waals surface area contributed by atoms with E-state index in [4.69, 9.17) is 11.2 Å². The van der Waals surface area contributed by atoms with Crippen LogP contribution in [0, 0.1) is 19.3 Å². The van der Waals surface area contributed by atoms with E-state index in [1.807, 2.05) is 54.6 Å². The van der Waals surface area contributed by atoms with Gasteiger partial charge in [-0.1, -0.05) is 48.4 Å². The molecule has 0 N–H and O–H groups in total. The van der Waals surface area contributed by atoms with E-state index >= 15 is 0 Å². The molecule has 4 aromatic rings. The van der Waals surface area contributed by atoms with Crippen LogP contribution < -0.4 is 0 Å². The second kappa shape index (κ2) is 7.58. The van der Waals surface area contributed by atoms with Gasteiger partial charge in [0.2, 0.25) is 0 Å². The first-order chi connectivity index (χ1) is 14.0. The topological polar surface area (TPSA) is 26.3 Å². The minimum atomic E-state index is -1.11. The zero-order chi connectivity index (χ0) is 20.4. The molecule has 0 bridgehead atoms. The van der Waals surface area contributed by atoms with Crippen LogP contribution >= 0.6 is 10.5 Å². The predicted molar refractivity (Wildman–Crippen MR) is 121 cm³/mol. The average molecular weight is 398 g/mol. The van der Waals surface area contributed by atoms with Crippen molar-refractivity contribution < 1.29 is 9.53 Å². The number of benzene rings is 3. The minimum Gasteiger partial charge on any atom is -0.438 e. The van der Waals surface area contributed by atoms with Crippen molar-refractivity contribution in [1.82, 2.24) is 0 Å². The lowest BCUT2D eigenvalue weighted by atomic mass is 9.96. The Morgan fingerprint density at radius 2 is 1.62 bits per heavy atom. The second-order valence-corrected chi connectivity index (χ2v) is 9.22. The summed E-state index contributed by atoms with van der Waals surface area (Å²) in [5.74, 6) is 2.19. The van der Waals surface area contributed by atoms with Gasteiger partial charge in [0.25, 0.3) is 0 Å². The Hall–Kier alpha value is -3.35. The molecule has 0 spiro atoms. The predicted octanol–water partition coefficient (Wildman–Crippen LogP) is 6.59.